The molecule has 0 amide bonds. The van der Waals surface area contributed by atoms with Crippen molar-refractivity contribution in [1.82, 2.24) is 4.90 Å². The first kappa shape index (κ1) is 11.7. The molecular weight excluding hydrogens is 200 g/mol. The molecule has 0 spiro atoms. The molecule has 0 aromatic carbocycles. The minimum atomic E-state index is 0.232. The number of furan rings is 1. The van der Waals surface area contributed by atoms with Gasteiger partial charge in [-0.1, -0.05) is 12.8 Å². The molecule has 1 aromatic rings. The van der Waals surface area contributed by atoms with Crippen molar-refractivity contribution < 1.29 is 4.42 Å². The number of nitrogens with two attached hydrogens (primary N) is 1. The van der Waals surface area contributed by atoms with E-state index in [9.17, 15) is 0 Å². The number of rotatable bonds is 5. The molecule has 0 saturated heterocycles. The van der Waals surface area contributed by atoms with E-state index in [0.29, 0.717) is 6.04 Å². The van der Waals surface area contributed by atoms with E-state index in [0.717, 1.165) is 18.8 Å². The van der Waals surface area contributed by atoms with Gasteiger partial charge in [-0.3, -0.25) is 4.90 Å². The molecule has 2 rings (SSSR count). The largest absolute Gasteiger partial charge is 0.468 e. The molecule has 1 aromatic heterocycles. The molecule has 0 aliphatic heterocycles. The molecule has 3 heteroatoms. The summed E-state index contributed by atoms with van der Waals surface area (Å²) in [7, 11) is 0. The van der Waals surface area contributed by atoms with E-state index < -0.39 is 0 Å². The highest BCUT2D eigenvalue weighted by Gasteiger charge is 2.23. The SMILES string of the molecule is C[C@@H](N)CN(Cc1ccco1)C1CCCC1. The van der Waals surface area contributed by atoms with E-state index in [1.165, 1.54) is 25.7 Å². The molecule has 1 heterocycles. The third-order valence-electron chi connectivity index (χ3n) is 3.30. The maximum absolute atomic E-state index is 5.92. The summed E-state index contributed by atoms with van der Waals surface area (Å²) in [6, 6.07) is 4.93. The van der Waals surface area contributed by atoms with Crippen LogP contribution in [0.4, 0.5) is 0 Å². The van der Waals surface area contributed by atoms with Crippen molar-refractivity contribution in [3.05, 3.63) is 24.2 Å². The van der Waals surface area contributed by atoms with E-state index in [2.05, 4.69) is 11.8 Å². The Bertz CT molecular complexity index is 289. The van der Waals surface area contributed by atoms with Crippen LogP contribution in [0.25, 0.3) is 0 Å². The van der Waals surface area contributed by atoms with Crippen molar-refractivity contribution in [2.24, 2.45) is 5.73 Å². The van der Waals surface area contributed by atoms with Crippen molar-refractivity contribution in [3.63, 3.8) is 0 Å². The topological polar surface area (TPSA) is 42.4 Å². The Labute approximate surface area is 97.6 Å². The second-order valence-electron chi connectivity index (χ2n) is 4.92. The zero-order valence-electron chi connectivity index (χ0n) is 10.1. The second-order valence-corrected chi connectivity index (χ2v) is 4.92. The van der Waals surface area contributed by atoms with Gasteiger partial charge in [-0.25, -0.2) is 0 Å². The summed E-state index contributed by atoms with van der Waals surface area (Å²) in [5.41, 5.74) is 5.92. The van der Waals surface area contributed by atoms with E-state index >= 15 is 0 Å². The molecule has 1 aliphatic rings. The number of hydrogen-bond donors (Lipinski definition) is 1. The lowest BCUT2D eigenvalue weighted by Crippen LogP contribution is -2.40. The van der Waals surface area contributed by atoms with Crippen LogP contribution in [-0.4, -0.2) is 23.5 Å². The van der Waals surface area contributed by atoms with Gasteiger partial charge in [0.25, 0.3) is 0 Å². The highest BCUT2D eigenvalue weighted by molar-refractivity contribution is 4.99. The maximum atomic E-state index is 5.92. The Balaban J connectivity index is 1.96. The van der Waals surface area contributed by atoms with Gasteiger partial charge in [-0.15, -0.1) is 0 Å². The predicted molar refractivity (Wildman–Crippen MR) is 65.0 cm³/mol. The number of hydrogen-bond acceptors (Lipinski definition) is 3. The minimum absolute atomic E-state index is 0.232. The van der Waals surface area contributed by atoms with Gasteiger partial charge >= 0.3 is 0 Å². The predicted octanol–water partition coefficient (Wildman–Crippen LogP) is 2.37. The van der Waals surface area contributed by atoms with Crippen LogP contribution >= 0.6 is 0 Å². The molecule has 1 fully saturated rings. The van der Waals surface area contributed by atoms with E-state index in [1.54, 1.807) is 6.26 Å². The third-order valence-corrected chi connectivity index (χ3v) is 3.30. The Kier molecular flexibility index (Phi) is 4.02. The minimum Gasteiger partial charge on any atom is -0.468 e. The zero-order chi connectivity index (χ0) is 11.4. The summed E-state index contributed by atoms with van der Waals surface area (Å²) < 4.78 is 5.42. The van der Waals surface area contributed by atoms with E-state index in [-0.39, 0.29) is 6.04 Å². The van der Waals surface area contributed by atoms with Crippen molar-refractivity contribution in [3.8, 4) is 0 Å². The molecule has 2 N–H and O–H groups in total. The first-order chi connectivity index (χ1) is 7.75. The fourth-order valence-electron chi connectivity index (χ4n) is 2.58. The van der Waals surface area contributed by atoms with Gasteiger partial charge in [0.2, 0.25) is 0 Å². The number of nitrogens with zero attached hydrogens (tertiary/aromatic N) is 1. The molecule has 0 bridgehead atoms. The smallest absolute Gasteiger partial charge is 0.117 e. The molecule has 1 saturated carbocycles. The van der Waals surface area contributed by atoms with Crippen LogP contribution in [0.15, 0.2) is 22.8 Å². The summed E-state index contributed by atoms with van der Waals surface area (Å²) in [5.74, 6) is 1.05. The Hall–Kier alpha value is -0.800. The summed E-state index contributed by atoms with van der Waals surface area (Å²) in [4.78, 5) is 2.48. The van der Waals surface area contributed by atoms with Crippen LogP contribution < -0.4 is 5.73 Å². The van der Waals surface area contributed by atoms with Crippen LogP contribution in [0.5, 0.6) is 0 Å². The molecule has 3 nitrogen and oxygen atoms in total. The molecule has 16 heavy (non-hydrogen) atoms. The average Bonchev–Trinajstić information content (AvgIpc) is 2.88. The van der Waals surface area contributed by atoms with Crippen LogP contribution in [0.2, 0.25) is 0 Å². The normalized spacial score (nSPS) is 19.4. The first-order valence-electron chi connectivity index (χ1n) is 6.27. The first-order valence-corrected chi connectivity index (χ1v) is 6.27. The van der Waals surface area contributed by atoms with Gasteiger partial charge in [0.05, 0.1) is 12.8 Å². The average molecular weight is 222 g/mol. The Morgan fingerprint density at radius 3 is 2.81 bits per heavy atom. The van der Waals surface area contributed by atoms with Gasteiger partial charge in [-0.05, 0) is 31.9 Å². The monoisotopic (exact) mass is 222 g/mol. The molecule has 1 atom stereocenters. The lowest BCUT2D eigenvalue weighted by molar-refractivity contribution is 0.168. The third kappa shape index (κ3) is 3.09. The molecule has 0 unspecified atom stereocenters. The fraction of sp³-hybridized carbons (Fsp3) is 0.692. The van der Waals surface area contributed by atoms with Gasteiger partial charge in [0, 0.05) is 18.6 Å². The van der Waals surface area contributed by atoms with Crippen LogP contribution in [-0.2, 0) is 6.54 Å². The van der Waals surface area contributed by atoms with Crippen molar-refractivity contribution in [2.75, 3.05) is 6.54 Å². The summed E-state index contributed by atoms with van der Waals surface area (Å²) in [6.07, 6.45) is 7.09. The fourth-order valence-corrected chi connectivity index (χ4v) is 2.58. The van der Waals surface area contributed by atoms with E-state index in [4.69, 9.17) is 10.2 Å². The molecule has 0 radical (unpaired) electrons. The summed E-state index contributed by atoms with van der Waals surface area (Å²) >= 11 is 0. The zero-order valence-corrected chi connectivity index (χ0v) is 10.1. The maximum Gasteiger partial charge on any atom is 0.117 e. The summed E-state index contributed by atoms with van der Waals surface area (Å²) in [6.45, 7) is 3.94. The van der Waals surface area contributed by atoms with Crippen molar-refractivity contribution in [2.45, 2.75) is 51.2 Å². The second kappa shape index (κ2) is 5.51. The molecule has 1 aliphatic carbocycles. The van der Waals surface area contributed by atoms with Gasteiger partial charge < -0.3 is 10.2 Å². The van der Waals surface area contributed by atoms with Crippen molar-refractivity contribution in [1.29, 1.82) is 0 Å². The van der Waals surface area contributed by atoms with Crippen LogP contribution in [0.3, 0.4) is 0 Å². The highest BCUT2D eigenvalue weighted by Crippen LogP contribution is 2.25. The molecule has 90 valence electrons. The van der Waals surface area contributed by atoms with Crippen LogP contribution in [0.1, 0.15) is 38.4 Å². The standard InChI is InChI=1S/C13H22N2O/c1-11(14)9-15(12-5-2-3-6-12)10-13-7-4-8-16-13/h4,7-8,11-12H,2-3,5-6,9-10,14H2,1H3/t11-/m1/s1. The highest BCUT2D eigenvalue weighted by atomic mass is 16.3. The Morgan fingerprint density at radius 2 is 2.25 bits per heavy atom. The molecular formula is C13H22N2O. The van der Waals surface area contributed by atoms with E-state index in [1.807, 2.05) is 12.1 Å². The lowest BCUT2D eigenvalue weighted by Gasteiger charge is -2.29. The van der Waals surface area contributed by atoms with Crippen molar-refractivity contribution >= 4 is 0 Å². The quantitative estimate of drug-likeness (QED) is 0.831. The Morgan fingerprint density at radius 1 is 1.50 bits per heavy atom. The van der Waals surface area contributed by atoms with Gasteiger partial charge in [-0.2, -0.15) is 0 Å². The van der Waals surface area contributed by atoms with Gasteiger partial charge in [0.1, 0.15) is 5.76 Å². The van der Waals surface area contributed by atoms with Crippen LogP contribution in [0, 0.1) is 0 Å². The summed E-state index contributed by atoms with van der Waals surface area (Å²) in [5, 5.41) is 0. The van der Waals surface area contributed by atoms with Gasteiger partial charge in [0.15, 0.2) is 0 Å². The lowest BCUT2D eigenvalue weighted by atomic mass is 10.2.